The first kappa shape index (κ1) is 19.9. The van der Waals surface area contributed by atoms with Crippen molar-refractivity contribution in [2.75, 3.05) is 4.90 Å². The van der Waals surface area contributed by atoms with Crippen LogP contribution in [0.4, 0.5) is 5.95 Å². The van der Waals surface area contributed by atoms with E-state index in [0.29, 0.717) is 12.1 Å². The van der Waals surface area contributed by atoms with Crippen LogP contribution in [-0.4, -0.2) is 26.0 Å². The van der Waals surface area contributed by atoms with Crippen molar-refractivity contribution in [3.8, 4) is 11.1 Å². The van der Waals surface area contributed by atoms with E-state index in [-0.39, 0.29) is 11.8 Å². The number of hydrogen-bond acceptors (Lipinski definition) is 5. The van der Waals surface area contributed by atoms with Crippen LogP contribution in [-0.2, 0) is 6.54 Å². The molecule has 0 radical (unpaired) electrons. The Balaban J connectivity index is 1.55. The van der Waals surface area contributed by atoms with Crippen molar-refractivity contribution in [1.82, 2.24) is 20.2 Å². The lowest BCUT2D eigenvalue weighted by molar-refractivity contribution is 0.101. The number of tetrazole rings is 1. The molecule has 2 heterocycles. The molecular formula is C26H23N5O. The third-order valence-electron chi connectivity index (χ3n) is 5.87. The van der Waals surface area contributed by atoms with Crippen molar-refractivity contribution in [3.63, 3.8) is 0 Å². The van der Waals surface area contributed by atoms with E-state index >= 15 is 0 Å². The molecule has 1 aromatic heterocycles. The number of anilines is 1. The van der Waals surface area contributed by atoms with Gasteiger partial charge in [-0.15, -0.1) is 0 Å². The largest absolute Gasteiger partial charge is 0.309 e. The van der Waals surface area contributed by atoms with Gasteiger partial charge in [0.05, 0.1) is 6.54 Å². The van der Waals surface area contributed by atoms with Crippen molar-refractivity contribution in [2.24, 2.45) is 0 Å². The zero-order valence-electron chi connectivity index (χ0n) is 18.0. The lowest BCUT2D eigenvalue weighted by atomic mass is 9.93. The highest BCUT2D eigenvalue weighted by Crippen LogP contribution is 2.37. The van der Waals surface area contributed by atoms with E-state index in [1.54, 1.807) is 6.92 Å². The third-order valence-corrected chi connectivity index (χ3v) is 5.87. The van der Waals surface area contributed by atoms with Gasteiger partial charge in [0.25, 0.3) is 5.95 Å². The van der Waals surface area contributed by atoms with Gasteiger partial charge in [-0.3, -0.25) is 4.79 Å². The molecule has 1 aliphatic rings. The van der Waals surface area contributed by atoms with E-state index in [0.717, 1.165) is 28.3 Å². The quantitative estimate of drug-likeness (QED) is 0.422. The van der Waals surface area contributed by atoms with Gasteiger partial charge in [0.15, 0.2) is 5.78 Å². The first-order valence-electron chi connectivity index (χ1n) is 10.6. The first-order valence-corrected chi connectivity index (χ1v) is 10.6. The topological polar surface area (TPSA) is 63.9 Å². The molecule has 0 saturated heterocycles. The Hall–Kier alpha value is -4.06. The zero-order valence-corrected chi connectivity index (χ0v) is 18.0. The maximum Gasteiger partial charge on any atom is 0.250 e. The van der Waals surface area contributed by atoms with Crippen molar-refractivity contribution < 1.29 is 4.79 Å². The number of rotatable bonds is 5. The number of carbonyl (C=O) groups excluding carboxylic acids is 1. The van der Waals surface area contributed by atoms with Crippen molar-refractivity contribution in [1.29, 1.82) is 0 Å². The maximum atomic E-state index is 11.7. The van der Waals surface area contributed by atoms with Gasteiger partial charge >= 0.3 is 0 Å². The standard InChI is InChI=1S/C26H23N5O/c1-18-16-25(31-26(27-28-29-31)30(18)17-20-8-4-3-5-9-20)24-11-7-6-10-23(24)22-14-12-21(13-15-22)19(2)32/h3-16,25H,17H2,1-2H3. The highest BCUT2D eigenvalue weighted by Gasteiger charge is 2.29. The summed E-state index contributed by atoms with van der Waals surface area (Å²) >= 11 is 0. The van der Waals surface area contributed by atoms with Crippen LogP contribution in [0.1, 0.15) is 41.4 Å². The Kier molecular flexibility index (Phi) is 5.11. The lowest BCUT2D eigenvalue weighted by Gasteiger charge is -2.32. The van der Waals surface area contributed by atoms with Crippen molar-refractivity contribution >= 4 is 11.7 Å². The number of fused-ring (bicyclic) bond motifs is 1. The van der Waals surface area contributed by atoms with Gasteiger partial charge in [0.1, 0.15) is 6.04 Å². The SMILES string of the molecule is CC(=O)c1ccc(-c2ccccc2C2C=C(C)N(Cc3ccccc3)c3nnnn32)cc1. The number of benzene rings is 3. The molecule has 6 heteroatoms. The van der Waals surface area contributed by atoms with Crippen LogP contribution in [0.15, 0.2) is 90.6 Å². The maximum absolute atomic E-state index is 11.7. The number of carbonyl (C=O) groups is 1. The van der Waals surface area contributed by atoms with E-state index in [4.69, 9.17) is 0 Å². The van der Waals surface area contributed by atoms with Gasteiger partial charge in [-0.25, -0.2) is 0 Å². The summed E-state index contributed by atoms with van der Waals surface area (Å²) in [6, 6.07) is 26.2. The van der Waals surface area contributed by atoms with Crippen LogP contribution in [0.25, 0.3) is 11.1 Å². The number of ketones is 1. The minimum absolute atomic E-state index is 0.0625. The van der Waals surface area contributed by atoms with Gasteiger partial charge in [-0.1, -0.05) is 84.0 Å². The number of nitrogens with zero attached hydrogens (tertiary/aromatic N) is 5. The smallest absolute Gasteiger partial charge is 0.250 e. The second kappa shape index (κ2) is 8.23. The molecule has 0 bridgehead atoms. The molecule has 0 N–H and O–H groups in total. The van der Waals surface area contributed by atoms with Crippen LogP contribution in [0.3, 0.4) is 0 Å². The summed E-state index contributed by atoms with van der Waals surface area (Å²) in [6.45, 7) is 4.38. The molecule has 3 aromatic carbocycles. The predicted octanol–water partition coefficient (Wildman–Crippen LogP) is 5.06. The average Bonchev–Trinajstić information content (AvgIpc) is 3.31. The van der Waals surface area contributed by atoms with Gasteiger partial charge < -0.3 is 4.90 Å². The molecule has 1 aliphatic heterocycles. The Labute approximate surface area is 186 Å². The minimum Gasteiger partial charge on any atom is -0.309 e. The summed E-state index contributed by atoms with van der Waals surface area (Å²) in [5, 5.41) is 12.7. The van der Waals surface area contributed by atoms with Gasteiger partial charge in [0.2, 0.25) is 0 Å². The van der Waals surface area contributed by atoms with Gasteiger partial charge in [0, 0.05) is 11.3 Å². The van der Waals surface area contributed by atoms with Crippen LogP contribution in [0.2, 0.25) is 0 Å². The van der Waals surface area contributed by atoms with Crippen molar-refractivity contribution in [3.05, 3.63) is 107 Å². The Bertz CT molecular complexity index is 1290. The first-order chi connectivity index (χ1) is 15.6. The summed E-state index contributed by atoms with van der Waals surface area (Å²) in [6.07, 6.45) is 2.20. The Morgan fingerprint density at radius 2 is 1.66 bits per heavy atom. The summed E-state index contributed by atoms with van der Waals surface area (Å²) in [5.41, 5.74) is 6.25. The lowest BCUT2D eigenvalue weighted by Crippen LogP contribution is -2.30. The van der Waals surface area contributed by atoms with Gasteiger partial charge in [-0.2, -0.15) is 4.68 Å². The minimum atomic E-state index is -0.129. The fourth-order valence-electron chi connectivity index (χ4n) is 4.18. The van der Waals surface area contributed by atoms with Gasteiger partial charge in [-0.05, 0) is 52.6 Å². The van der Waals surface area contributed by atoms with Crippen LogP contribution in [0, 0.1) is 0 Å². The highest BCUT2D eigenvalue weighted by molar-refractivity contribution is 5.94. The number of hydrogen-bond donors (Lipinski definition) is 0. The molecule has 0 fully saturated rings. The fourth-order valence-corrected chi connectivity index (χ4v) is 4.18. The molecule has 4 aromatic rings. The third kappa shape index (κ3) is 3.60. The van der Waals surface area contributed by atoms with E-state index in [1.807, 2.05) is 59.3 Å². The number of aromatic nitrogens is 4. The van der Waals surface area contributed by atoms with E-state index in [9.17, 15) is 4.79 Å². The average molecular weight is 422 g/mol. The van der Waals surface area contributed by atoms with E-state index < -0.39 is 0 Å². The zero-order chi connectivity index (χ0) is 22.1. The molecule has 32 heavy (non-hydrogen) atoms. The highest BCUT2D eigenvalue weighted by atomic mass is 16.1. The molecule has 1 unspecified atom stereocenters. The Morgan fingerprint density at radius 1 is 0.938 bits per heavy atom. The monoisotopic (exact) mass is 421 g/mol. The van der Waals surface area contributed by atoms with Crippen LogP contribution < -0.4 is 4.90 Å². The molecule has 0 aliphatic carbocycles. The van der Waals surface area contributed by atoms with E-state index in [1.165, 1.54) is 5.56 Å². The fraction of sp³-hybridized carbons (Fsp3) is 0.154. The molecule has 1 atom stereocenters. The second-order valence-corrected chi connectivity index (χ2v) is 7.97. The predicted molar refractivity (Wildman–Crippen MR) is 124 cm³/mol. The molecular weight excluding hydrogens is 398 g/mol. The molecule has 158 valence electrons. The number of allylic oxidation sites excluding steroid dienone is 2. The molecule has 0 spiro atoms. The summed E-state index contributed by atoms with van der Waals surface area (Å²) in [4.78, 5) is 13.8. The molecule has 5 rings (SSSR count). The summed E-state index contributed by atoms with van der Waals surface area (Å²) in [5.74, 6) is 0.785. The van der Waals surface area contributed by atoms with Crippen molar-refractivity contribution in [2.45, 2.75) is 26.4 Å². The summed E-state index contributed by atoms with van der Waals surface area (Å²) in [7, 11) is 0. The van der Waals surface area contributed by atoms with Crippen LogP contribution in [0.5, 0.6) is 0 Å². The summed E-state index contributed by atoms with van der Waals surface area (Å²) < 4.78 is 1.87. The van der Waals surface area contributed by atoms with Crippen LogP contribution >= 0.6 is 0 Å². The second-order valence-electron chi connectivity index (χ2n) is 7.97. The number of Topliss-reactive ketones (excluding diaryl/α,β-unsaturated/α-hetero) is 1. The molecule has 0 amide bonds. The van der Waals surface area contributed by atoms with E-state index in [2.05, 4.69) is 57.7 Å². The Morgan fingerprint density at radius 3 is 2.41 bits per heavy atom. The normalized spacial score (nSPS) is 15.2. The molecule has 6 nitrogen and oxygen atoms in total. The molecule has 0 saturated carbocycles.